The molecule has 3 N–H and O–H groups in total. The maximum absolute atomic E-state index is 11.2. The number of hydrogen-bond donors (Lipinski definition) is 2. The van der Waals surface area contributed by atoms with Gasteiger partial charge in [-0.2, -0.15) is 0 Å². The first-order valence-corrected chi connectivity index (χ1v) is 6.41. The fourth-order valence-electron chi connectivity index (χ4n) is 2.34. The molecule has 1 aromatic rings. The summed E-state index contributed by atoms with van der Waals surface area (Å²) < 4.78 is 0. The van der Waals surface area contributed by atoms with Crippen LogP contribution in [0.2, 0.25) is 5.02 Å². The van der Waals surface area contributed by atoms with Crippen molar-refractivity contribution in [3.8, 4) is 0 Å². The number of hydrogen-bond acceptors (Lipinski definition) is 3. The number of primary amides is 1. The van der Waals surface area contributed by atoms with Crippen molar-refractivity contribution < 1.29 is 4.79 Å². The third kappa shape index (κ3) is 2.76. The van der Waals surface area contributed by atoms with Crippen molar-refractivity contribution in [1.29, 1.82) is 0 Å². The maximum Gasteiger partial charge on any atom is 0.250 e. The number of rotatable bonds is 3. The maximum atomic E-state index is 11.2. The second-order valence-corrected chi connectivity index (χ2v) is 5.33. The van der Waals surface area contributed by atoms with Crippen LogP contribution in [0, 0.1) is 0 Å². The lowest BCUT2D eigenvalue weighted by Gasteiger charge is -2.15. The van der Waals surface area contributed by atoms with E-state index in [2.05, 4.69) is 24.2 Å². The van der Waals surface area contributed by atoms with Crippen molar-refractivity contribution in [2.45, 2.75) is 25.4 Å². The van der Waals surface area contributed by atoms with E-state index in [9.17, 15) is 4.79 Å². The number of carbonyl (C=O) groups excluding carboxylic acids is 1. The normalized spacial score (nSPS) is 24.2. The van der Waals surface area contributed by atoms with Gasteiger partial charge in [0.1, 0.15) is 0 Å². The summed E-state index contributed by atoms with van der Waals surface area (Å²) >= 11 is 5.92. The summed E-state index contributed by atoms with van der Waals surface area (Å²) in [5.74, 6) is -0.499. The van der Waals surface area contributed by atoms with Crippen LogP contribution in [0.25, 0.3) is 0 Å². The Morgan fingerprint density at radius 1 is 1.56 bits per heavy atom. The average molecular weight is 268 g/mol. The number of amides is 1. The average Bonchev–Trinajstić information content (AvgIpc) is 2.60. The minimum Gasteiger partial charge on any atom is -0.381 e. The summed E-state index contributed by atoms with van der Waals surface area (Å²) in [6, 6.07) is 6.26. The van der Waals surface area contributed by atoms with E-state index < -0.39 is 5.91 Å². The highest BCUT2D eigenvalue weighted by molar-refractivity contribution is 6.33. The van der Waals surface area contributed by atoms with Crippen LogP contribution in [-0.2, 0) is 0 Å². The van der Waals surface area contributed by atoms with E-state index in [0.29, 0.717) is 22.7 Å². The number of nitrogens with one attached hydrogen (secondary N) is 1. The number of halogens is 1. The molecule has 4 nitrogen and oxygen atoms in total. The molecule has 0 spiro atoms. The highest BCUT2D eigenvalue weighted by Crippen LogP contribution is 2.23. The lowest BCUT2D eigenvalue weighted by molar-refractivity contribution is 0.100. The fourth-order valence-corrected chi connectivity index (χ4v) is 2.55. The minimum absolute atomic E-state index is 0.362. The smallest absolute Gasteiger partial charge is 0.250 e. The number of nitrogens with zero attached hydrogens (tertiary/aromatic N) is 1. The number of likely N-dealkylation sites (N-methyl/N-ethyl adjacent to an activating group) is 1. The quantitative estimate of drug-likeness (QED) is 0.880. The van der Waals surface area contributed by atoms with Crippen molar-refractivity contribution in [2.75, 3.05) is 18.9 Å². The van der Waals surface area contributed by atoms with Crippen molar-refractivity contribution in [1.82, 2.24) is 4.90 Å². The molecule has 0 radical (unpaired) electrons. The minimum atomic E-state index is -0.499. The number of benzene rings is 1. The third-order valence-electron chi connectivity index (χ3n) is 3.49. The molecule has 18 heavy (non-hydrogen) atoms. The lowest BCUT2D eigenvalue weighted by atomic mass is 10.1. The van der Waals surface area contributed by atoms with Crippen LogP contribution in [0.1, 0.15) is 23.7 Å². The zero-order valence-electron chi connectivity index (χ0n) is 10.6. The Morgan fingerprint density at radius 3 is 2.83 bits per heavy atom. The predicted octanol–water partition coefficient (Wildman–Crippen LogP) is 1.94. The van der Waals surface area contributed by atoms with Crippen LogP contribution in [0.4, 0.5) is 5.69 Å². The van der Waals surface area contributed by atoms with E-state index in [4.69, 9.17) is 17.3 Å². The van der Waals surface area contributed by atoms with Gasteiger partial charge in [-0.15, -0.1) is 0 Å². The van der Waals surface area contributed by atoms with E-state index in [1.54, 1.807) is 12.1 Å². The standard InChI is InChI=1S/C13H18ClN3O/c1-8-5-10(7-17(8)2)16-9-3-4-12(14)11(6-9)13(15)18/h3-4,6,8,10,16H,5,7H2,1-2H3,(H2,15,18). The molecular formula is C13H18ClN3O. The molecule has 0 aromatic heterocycles. The molecule has 2 rings (SSSR count). The van der Waals surface area contributed by atoms with E-state index >= 15 is 0 Å². The molecule has 2 unspecified atom stereocenters. The number of anilines is 1. The summed E-state index contributed by atoms with van der Waals surface area (Å²) in [5.41, 5.74) is 6.53. The monoisotopic (exact) mass is 267 g/mol. The van der Waals surface area contributed by atoms with Gasteiger partial charge in [0.15, 0.2) is 0 Å². The second-order valence-electron chi connectivity index (χ2n) is 4.92. The molecule has 1 aliphatic heterocycles. The van der Waals surface area contributed by atoms with Crippen molar-refractivity contribution in [2.24, 2.45) is 5.73 Å². The fraction of sp³-hybridized carbons (Fsp3) is 0.462. The first-order valence-electron chi connectivity index (χ1n) is 6.03. The van der Waals surface area contributed by atoms with E-state index in [1.807, 2.05) is 6.07 Å². The molecule has 1 heterocycles. The zero-order valence-corrected chi connectivity index (χ0v) is 11.4. The van der Waals surface area contributed by atoms with Crippen LogP contribution in [0.3, 0.4) is 0 Å². The molecular weight excluding hydrogens is 250 g/mol. The molecule has 1 aliphatic rings. The first-order chi connectivity index (χ1) is 8.47. The summed E-state index contributed by atoms with van der Waals surface area (Å²) in [6.45, 7) is 3.20. The highest BCUT2D eigenvalue weighted by atomic mass is 35.5. The zero-order chi connectivity index (χ0) is 13.3. The molecule has 2 atom stereocenters. The van der Waals surface area contributed by atoms with Gasteiger partial charge in [0, 0.05) is 24.3 Å². The molecule has 98 valence electrons. The van der Waals surface area contributed by atoms with Gasteiger partial charge >= 0.3 is 0 Å². The van der Waals surface area contributed by atoms with Crippen LogP contribution in [0.5, 0.6) is 0 Å². The van der Waals surface area contributed by atoms with Crippen molar-refractivity contribution in [3.63, 3.8) is 0 Å². The Labute approximate surface area is 112 Å². The van der Waals surface area contributed by atoms with Crippen molar-refractivity contribution in [3.05, 3.63) is 28.8 Å². The van der Waals surface area contributed by atoms with Gasteiger partial charge in [-0.1, -0.05) is 11.6 Å². The van der Waals surface area contributed by atoms with Crippen LogP contribution in [-0.4, -0.2) is 36.5 Å². The topological polar surface area (TPSA) is 58.4 Å². The predicted molar refractivity (Wildman–Crippen MR) is 74.1 cm³/mol. The third-order valence-corrected chi connectivity index (χ3v) is 3.82. The van der Waals surface area contributed by atoms with Gasteiger partial charge in [0.05, 0.1) is 10.6 Å². The van der Waals surface area contributed by atoms with Crippen molar-refractivity contribution >= 4 is 23.2 Å². The van der Waals surface area contributed by atoms with Crippen LogP contribution in [0.15, 0.2) is 18.2 Å². The summed E-state index contributed by atoms with van der Waals surface area (Å²) in [6.07, 6.45) is 1.09. The molecule has 5 heteroatoms. The number of carbonyl (C=O) groups is 1. The molecule has 0 bridgehead atoms. The number of nitrogens with two attached hydrogens (primary N) is 1. The molecule has 1 aromatic carbocycles. The van der Waals surface area contributed by atoms with Crippen LogP contribution >= 0.6 is 11.6 Å². The molecule has 0 saturated carbocycles. The Bertz CT molecular complexity index is 454. The largest absolute Gasteiger partial charge is 0.381 e. The summed E-state index contributed by atoms with van der Waals surface area (Å²) in [7, 11) is 2.11. The Kier molecular flexibility index (Phi) is 3.78. The van der Waals surface area contributed by atoms with Gasteiger partial charge in [0.2, 0.25) is 5.91 Å². The summed E-state index contributed by atoms with van der Waals surface area (Å²) in [5, 5.41) is 3.81. The number of likely N-dealkylation sites (tertiary alicyclic amines) is 1. The van der Waals surface area contributed by atoms with Gasteiger partial charge in [-0.25, -0.2) is 0 Å². The molecule has 1 fully saturated rings. The summed E-state index contributed by atoms with van der Waals surface area (Å²) in [4.78, 5) is 13.5. The second kappa shape index (κ2) is 5.16. The van der Waals surface area contributed by atoms with Gasteiger partial charge in [-0.05, 0) is 38.6 Å². The Morgan fingerprint density at radius 2 is 2.28 bits per heavy atom. The highest BCUT2D eigenvalue weighted by Gasteiger charge is 2.25. The van der Waals surface area contributed by atoms with E-state index in [1.165, 1.54) is 0 Å². The Hall–Kier alpha value is -1.26. The lowest BCUT2D eigenvalue weighted by Crippen LogP contribution is -2.25. The SMILES string of the molecule is CC1CC(Nc2ccc(Cl)c(C(N)=O)c2)CN1C. The van der Waals surface area contributed by atoms with Crippen LogP contribution < -0.4 is 11.1 Å². The van der Waals surface area contributed by atoms with Gasteiger partial charge < -0.3 is 16.0 Å². The van der Waals surface area contributed by atoms with Gasteiger partial charge in [-0.3, -0.25) is 4.79 Å². The molecule has 1 amide bonds. The first kappa shape index (κ1) is 13.2. The molecule has 1 saturated heterocycles. The van der Waals surface area contributed by atoms with Gasteiger partial charge in [0.25, 0.3) is 0 Å². The molecule has 0 aliphatic carbocycles. The Balaban J connectivity index is 2.11. The van der Waals surface area contributed by atoms with E-state index in [0.717, 1.165) is 18.7 Å². The van der Waals surface area contributed by atoms with E-state index in [-0.39, 0.29) is 0 Å².